The first kappa shape index (κ1) is 16.2. The van der Waals surface area contributed by atoms with Gasteiger partial charge in [-0.2, -0.15) is 0 Å². The summed E-state index contributed by atoms with van der Waals surface area (Å²) in [6, 6.07) is 9.24. The number of oxazole rings is 1. The fraction of sp³-hybridized carbons (Fsp3) is 0.389. The van der Waals surface area contributed by atoms with E-state index in [1.165, 1.54) is 0 Å². The van der Waals surface area contributed by atoms with Crippen molar-refractivity contribution in [2.45, 2.75) is 32.1 Å². The molecule has 0 aliphatic carbocycles. The average Bonchev–Trinajstić information content (AvgIpc) is 2.93. The van der Waals surface area contributed by atoms with Crippen LogP contribution in [-0.4, -0.2) is 40.0 Å². The Balaban J connectivity index is 1.80. The molecule has 24 heavy (non-hydrogen) atoms. The Morgan fingerprint density at radius 1 is 1.17 bits per heavy atom. The van der Waals surface area contributed by atoms with E-state index in [-0.39, 0.29) is 11.7 Å². The van der Waals surface area contributed by atoms with Crippen LogP contribution >= 0.6 is 0 Å². The van der Waals surface area contributed by atoms with Crippen LogP contribution in [0.5, 0.6) is 0 Å². The van der Waals surface area contributed by atoms with Gasteiger partial charge in [0.2, 0.25) is 5.76 Å². The normalized spacial score (nSPS) is 16.8. The molecule has 6 heteroatoms. The van der Waals surface area contributed by atoms with Crippen LogP contribution in [-0.2, 0) is 10.2 Å². The number of aryl methyl sites for hydroxylation is 2. The van der Waals surface area contributed by atoms with E-state index in [9.17, 15) is 14.7 Å². The van der Waals surface area contributed by atoms with E-state index in [0.717, 1.165) is 5.56 Å². The molecular formula is C18H20N2O4. The Morgan fingerprint density at radius 2 is 1.79 bits per heavy atom. The summed E-state index contributed by atoms with van der Waals surface area (Å²) < 4.78 is 5.39. The van der Waals surface area contributed by atoms with E-state index in [1.807, 2.05) is 30.3 Å². The van der Waals surface area contributed by atoms with Crippen LogP contribution in [0.3, 0.4) is 0 Å². The Labute approximate surface area is 140 Å². The van der Waals surface area contributed by atoms with Crippen LogP contribution in [0.25, 0.3) is 0 Å². The van der Waals surface area contributed by atoms with Crippen LogP contribution in [0.4, 0.5) is 0 Å². The van der Waals surface area contributed by atoms with Crippen molar-refractivity contribution in [1.82, 2.24) is 9.88 Å². The summed E-state index contributed by atoms with van der Waals surface area (Å²) in [5.74, 6) is -0.361. The number of aromatic nitrogens is 1. The molecule has 0 radical (unpaired) electrons. The fourth-order valence-electron chi connectivity index (χ4n) is 3.35. The predicted octanol–water partition coefficient (Wildman–Crippen LogP) is 2.55. The van der Waals surface area contributed by atoms with Gasteiger partial charge in [0.25, 0.3) is 5.91 Å². The van der Waals surface area contributed by atoms with Crippen LogP contribution in [0, 0.1) is 13.8 Å². The number of benzene rings is 1. The van der Waals surface area contributed by atoms with Gasteiger partial charge >= 0.3 is 5.97 Å². The van der Waals surface area contributed by atoms with Gasteiger partial charge in [0, 0.05) is 20.0 Å². The number of aliphatic carboxylic acids is 1. The summed E-state index contributed by atoms with van der Waals surface area (Å²) in [4.78, 5) is 30.3. The monoisotopic (exact) mass is 328 g/mol. The maximum Gasteiger partial charge on any atom is 0.314 e. The van der Waals surface area contributed by atoms with Gasteiger partial charge in [0.1, 0.15) is 0 Å². The lowest BCUT2D eigenvalue weighted by molar-refractivity contribution is -0.145. The number of nitrogens with zero attached hydrogens (tertiary/aromatic N) is 2. The van der Waals surface area contributed by atoms with Crippen molar-refractivity contribution in [3.8, 4) is 0 Å². The summed E-state index contributed by atoms with van der Waals surface area (Å²) >= 11 is 0. The van der Waals surface area contributed by atoms with Crippen LogP contribution in [0.2, 0.25) is 0 Å². The molecule has 2 aromatic rings. The number of carbonyl (C=O) groups is 2. The second kappa shape index (κ2) is 6.11. The molecule has 1 aliphatic rings. The summed E-state index contributed by atoms with van der Waals surface area (Å²) in [7, 11) is 0. The van der Waals surface area contributed by atoms with Crippen LogP contribution < -0.4 is 0 Å². The van der Waals surface area contributed by atoms with E-state index in [0.29, 0.717) is 37.5 Å². The number of piperidine rings is 1. The zero-order valence-electron chi connectivity index (χ0n) is 13.8. The van der Waals surface area contributed by atoms with E-state index < -0.39 is 11.4 Å². The van der Waals surface area contributed by atoms with E-state index >= 15 is 0 Å². The quantitative estimate of drug-likeness (QED) is 0.936. The van der Waals surface area contributed by atoms with Crippen molar-refractivity contribution in [2.24, 2.45) is 0 Å². The Morgan fingerprint density at radius 3 is 2.29 bits per heavy atom. The smallest absolute Gasteiger partial charge is 0.314 e. The van der Waals surface area contributed by atoms with Crippen LogP contribution in [0.1, 0.15) is 40.5 Å². The predicted molar refractivity (Wildman–Crippen MR) is 86.9 cm³/mol. The Kier molecular flexibility index (Phi) is 4.13. The van der Waals surface area contributed by atoms with Gasteiger partial charge in [-0.05, 0) is 25.3 Å². The zero-order valence-corrected chi connectivity index (χ0v) is 13.8. The van der Waals surface area contributed by atoms with E-state index in [4.69, 9.17) is 4.42 Å². The molecule has 1 aliphatic heterocycles. The lowest BCUT2D eigenvalue weighted by atomic mass is 9.73. The molecular weight excluding hydrogens is 308 g/mol. The van der Waals surface area contributed by atoms with Gasteiger partial charge < -0.3 is 14.4 Å². The lowest BCUT2D eigenvalue weighted by Crippen LogP contribution is -2.49. The minimum absolute atomic E-state index is 0.222. The number of carbonyl (C=O) groups excluding carboxylic acids is 1. The highest BCUT2D eigenvalue weighted by molar-refractivity contribution is 5.93. The summed E-state index contributed by atoms with van der Waals surface area (Å²) in [6.45, 7) is 4.18. The first-order chi connectivity index (χ1) is 11.4. The van der Waals surface area contributed by atoms with Gasteiger partial charge in [-0.25, -0.2) is 4.98 Å². The molecule has 0 bridgehead atoms. The number of hydrogen-bond acceptors (Lipinski definition) is 4. The largest absolute Gasteiger partial charge is 0.481 e. The number of rotatable bonds is 3. The molecule has 6 nitrogen and oxygen atoms in total. The van der Waals surface area contributed by atoms with Crippen LogP contribution in [0.15, 0.2) is 34.7 Å². The first-order valence-electron chi connectivity index (χ1n) is 7.96. The number of likely N-dealkylation sites (tertiary alicyclic amines) is 1. The van der Waals surface area contributed by atoms with Gasteiger partial charge in [0.05, 0.1) is 11.1 Å². The number of carboxylic acids is 1. The summed E-state index contributed by atoms with van der Waals surface area (Å²) in [5, 5.41) is 9.80. The highest BCUT2D eigenvalue weighted by Gasteiger charge is 2.44. The standard InChI is InChI=1S/C18H20N2O4/c1-12-15(24-13(2)19-12)16(21)20-10-8-18(9-11-20,17(22)23)14-6-4-3-5-7-14/h3-7H,8-11H2,1-2H3,(H,22,23). The highest BCUT2D eigenvalue weighted by atomic mass is 16.4. The van der Waals surface area contributed by atoms with Crippen molar-refractivity contribution >= 4 is 11.9 Å². The third-order valence-corrected chi connectivity index (χ3v) is 4.74. The SMILES string of the molecule is Cc1nc(C)c(C(=O)N2CCC(C(=O)O)(c3ccccc3)CC2)o1. The summed E-state index contributed by atoms with van der Waals surface area (Å²) in [5.41, 5.74) is 0.414. The molecule has 1 aromatic heterocycles. The molecule has 1 N–H and O–H groups in total. The van der Waals surface area contributed by atoms with E-state index in [1.54, 1.807) is 18.7 Å². The van der Waals surface area contributed by atoms with Crippen molar-refractivity contribution < 1.29 is 19.1 Å². The molecule has 0 unspecified atom stereocenters. The number of hydrogen-bond donors (Lipinski definition) is 1. The Bertz CT molecular complexity index is 759. The summed E-state index contributed by atoms with van der Waals surface area (Å²) in [6.07, 6.45) is 0.758. The second-order valence-corrected chi connectivity index (χ2v) is 6.19. The fourth-order valence-corrected chi connectivity index (χ4v) is 3.35. The maximum atomic E-state index is 12.6. The van der Waals surface area contributed by atoms with Crippen molar-refractivity contribution in [3.63, 3.8) is 0 Å². The topological polar surface area (TPSA) is 83.6 Å². The van der Waals surface area contributed by atoms with Gasteiger partial charge in [0.15, 0.2) is 5.89 Å². The van der Waals surface area contributed by atoms with Gasteiger partial charge in [-0.15, -0.1) is 0 Å². The van der Waals surface area contributed by atoms with Gasteiger partial charge in [-0.1, -0.05) is 30.3 Å². The van der Waals surface area contributed by atoms with Crippen molar-refractivity contribution in [1.29, 1.82) is 0 Å². The third kappa shape index (κ3) is 2.68. The maximum absolute atomic E-state index is 12.6. The molecule has 2 heterocycles. The highest BCUT2D eigenvalue weighted by Crippen LogP contribution is 2.36. The molecule has 126 valence electrons. The van der Waals surface area contributed by atoms with Crippen molar-refractivity contribution in [3.05, 3.63) is 53.2 Å². The number of carboxylic acid groups (broad SMARTS) is 1. The van der Waals surface area contributed by atoms with Gasteiger partial charge in [-0.3, -0.25) is 9.59 Å². The minimum Gasteiger partial charge on any atom is -0.481 e. The lowest BCUT2D eigenvalue weighted by Gasteiger charge is -2.39. The molecule has 0 spiro atoms. The first-order valence-corrected chi connectivity index (χ1v) is 7.96. The molecule has 1 aromatic carbocycles. The molecule has 1 saturated heterocycles. The molecule has 3 rings (SSSR count). The molecule has 0 saturated carbocycles. The zero-order chi connectivity index (χ0) is 17.3. The molecule has 1 fully saturated rings. The van der Waals surface area contributed by atoms with E-state index in [2.05, 4.69) is 4.98 Å². The minimum atomic E-state index is -0.940. The number of amides is 1. The second-order valence-electron chi connectivity index (χ2n) is 6.19. The average molecular weight is 328 g/mol. The third-order valence-electron chi connectivity index (χ3n) is 4.74. The molecule has 1 amide bonds. The van der Waals surface area contributed by atoms with Crippen molar-refractivity contribution in [2.75, 3.05) is 13.1 Å². The molecule has 0 atom stereocenters. The Hall–Kier alpha value is -2.63.